The molecule has 4 rings (SSSR count). The van der Waals surface area contributed by atoms with Crippen molar-refractivity contribution in [3.05, 3.63) is 59.7 Å². The van der Waals surface area contributed by atoms with E-state index in [1.807, 2.05) is 0 Å². The Kier molecular flexibility index (Phi) is 12.9. The minimum absolute atomic E-state index is 0. The van der Waals surface area contributed by atoms with E-state index in [9.17, 15) is 62.1 Å². The van der Waals surface area contributed by atoms with E-state index in [0.717, 1.165) is 24.3 Å². The van der Waals surface area contributed by atoms with E-state index in [2.05, 4.69) is 20.5 Å². The molecule has 0 amide bonds. The third-order valence-electron chi connectivity index (χ3n) is 6.10. The van der Waals surface area contributed by atoms with Crippen molar-refractivity contribution in [2.75, 3.05) is 0 Å². The zero-order valence-electron chi connectivity index (χ0n) is 25.0. The summed E-state index contributed by atoms with van der Waals surface area (Å²) in [4.78, 5) is -4.15. The molecule has 0 aliphatic carbocycles. The predicted octanol–water partition coefficient (Wildman–Crippen LogP) is -1.65. The number of fused-ring (bicyclic) bond motifs is 1. The first-order valence-electron chi connectivity index (χ1n) is 12.0. The first kappa shape index (κ1) is 41.7. The van der Waals surface area contributed by atoms with E-state index < -0.39 is 105 Å². The number of benzene rings is 4. The summed E-state index contributed by atoms with van der Waals surface area (Å²) in [6, 6.07) is 7.68. The van der Waals surface area contributed by atoms with Crippen molar-refractivity contribution < 1.29 is 121 Å². The molecule has 0 saturated carbocycles. The Hall–Kier alpha value is -2.42. The molecular formula is C24H19N4Na2O14S4+. The van der Waals surface area contributed by atoms with E-state index in [4.69, 9.17) is 0 Å². The van der Waals surface area contributed by atoms with E-state index in [1.54, 1.807) is 0 Å². The molecule has 48 heavy (non-hydrogen) atoms. The third kappa shape index (κ3) is 9.02. The van der Waals surface area contributed by atoms with Gasteiger partial charge in [-0.2, -0.15) is 25.3 Å². The summed E-state index contributed by atoms with van der Waals surface area (Å²) in [6.45, 7) is 2.94. The minimum Gasteiger partial charge on any atom is -0.744 e. The summed E-state index contributed by atoms with van der Waals surface area (Å²) < 4.78 is 137. The van der Waals surface area contributed by atoms with Crippen LogP contribution in [0.3, 0.4) is 0 Å². The van der Waals surface area contributed by atoms with Gasteiger partial charge >= 0.3 is 59.1 Å². The zero-order valence-corrected chi connectivity index (χ0v) is 32.2. The monoisotopic (exact) mass is 761 g/mol. The van der Waals surface area contributed by atoms with Crippen LogP contribution in [0, 0.1) is 13.8 Å². The summed E-state index contributed by atoms with van der Waals surface area (Å²) >= 11 is 0. The van der Waals surface area contributed by atoms with Gasteiger partial charge in [0.15, 0.2) is 11.5 Å². The van der Waals surface area contributed by atoms with E-state index in [1.165, 1.54) is 26.0 Å². The van der Waals surface area contributed by atoms with Crippen LogP contribution in [0.15, 0.2) is 88.6 Å². The molecule has 0 fully saturated rings. The number of aromatic hydroxyl groups is 2. The molecule has 0 bridgehead atoms. The van der Waals surface area contributed by atoms with Crippen molar-refractivity contribution in [2.24, 2.45) is 20.5 Å². The number of hydrogen-bond acceptors (Lipinski definition) is 15. The fourth-order valence-electron chi connectivity index (χ4n) is 4.07. The van der Waals surface area contributed by atoms with Crippen LogP contribution < -0.4 is 59.1 Å². The second-order valence-electron chi connectivity index (χ2n) is 9.46. The average Bonchev–Trinajstić information content (AvgIpc) is 2.90. The fraction of sp³-hybridized carbons (Fsp3) is 0.0833. The summed E-state index contributed by atoms with van der Waals surface area (Å²) in [6.07, 6.45) is 0. The van der Waals surface area contributed by atoms with Gasteiger partial charge in [0, 0.05) is 0 Å². The Bertz CT molecular complexity index is 2300. The van der Waals surface area contributed by atoms with Gasteiger partial charge in [0.2, 0.25) is 0 Å². The summed E-state index contributed by atoms with van der Waals surface area (Å²) in [5, 5.41) is 34.6. The van der Waals surface area contributed by atoms with Crippen molar-refractivity contribution in [1.82, 2.24) is 0 Å². The van der Waals surface area contributed by atoms with Crippen LogP contribution in [-0.2, 0) is 40.5 Å². The molecule has 0 spiro atoms. The number of aryl methyl sites for hydroxylation is 2. The van der Waals surface area contributed by atoms with Crippen molar-refractivity contribution >= 4 is 74.0 Å². The van der Waals surface area contributed by atoms with Gasteiger partial charge in [-0.25, -0.2) is 8.42 Å². The zero-order chi connectivity index (χ0) is 34.6. The van der Waals surface area contributed by atoms with E-state index >= 15 is 0 Å². The van der Waals surface area contributed by atoms with Crippen molar-refractivity contribution in [1.29, 1.82) is 0 Å². The van der Waals surface area contributed by atoms with E-state index in [0.29, 0.717) is 23.3 Å². The molecule has 4 aromatic rings. The Labute approximate surface area is 317 Å². The van der Waals surface area contributed by atoms with Gasteiger partial charge in [0.1, 0.15) is 47.6 Å². The SMILES string of the molecule is Cc1ccc(N=Nc2c(S(=O)(=O)[O-])cc3cc(S(=O)(=O)O)c(N=Nc4ccc(C)cc4S(=O)(=O)O)c(O)c3c2O)c(S(=O)(=O)O)c1.[Na+].[Na+]. The van der Waals surface area contributed by atoms with Crippen molar-refractivity contribution in [3.63, 3.8) is 0 Å². The number of nitrogens with zero attached hydrogens (tertiary/aromatic N) is 4. The Morgan fingerprint density at radius 3 is 1.25 bits per heavy atom. The number of phenolic OH excluding ortho intramolecular Hbond substituents is 2. The minimum atomic E-state index is -5.58. The summed E-state index contributed by atoms with van der Waals surface area (Å²) in [5.41, 5.74) is -2.74. The van der Waals surface area contributed by atoms with Gasteiger partial charge in [0.05, 0.1) is 10.3 Å². The molecule has 244 valence electrons. The van der Waals surface area contributed by atoms with Gasteiger partial charge in [-0.15, -0.1) is 20.5 Å². The maximum absolute atomic E-state index is 12.2. The van der Waals surface area contributed by atoms with Gasteiger partial charge in [-0.3, -0.25) is 13.7 Å². The number of phenols is 2. The normalized spacial score (nSPS) is 12.7. The maximum atomic E-state index is 12.2. The second kappa shape index (κ2) is 14.8. The van der Waals surface area contributed by atoms with Gasteiger partial charge in [-0.05, 0) is 66.8 Å². The third-order valence-corrected chi connectivity index (χ3v) is 9.58. The smallest absolute Gasteiger partial charge is 0.744 e. The molecule has 24 heteroatoms. The number of rotatable bonds is 8. The molecule has 0 aromatic heterocycles. The fourth-order valence-corrected chi connectivity index (χ4v) is 6.79. The van der Waals surface area contributed by atoms with Crippen LogP contribution >= 0.6 is 0 Å². The van der Waals surface area contributed by atoms with Gasteiger partial charge in [0.25, 0.3) is 30.4 Å². The Balaban J connectivity index is 0.00000400. The first-order chi connectivity index (χ1) is 21.0. The molecule has 0 aliphatic heterocycles. The van der Waals surface area contributed by atoms with Crippen molar-refractivity contribution in [2.45, 2.75) is 33.4 Å². The van der Waals surface area contributed by atoms with Crippen LogP contribution in [0.5, 0.6) is 11.5 Å². The van der Waals surface area contributed by atoms with Crippen LogP contribution in [0.2, 0.25) is 0 Å². The molecule has 0 radical (unpaired) electrons. The number of azo groups is 2. The second-order valence-corrected chi connectivity index (χ2v) is 15.0. The van der Waals surface area contributed by atoms with E-state index in [-0.39, 0.29) is 59.1 Å². The van der Waals surface area contributed by atoms with Crippen LogP contribution in [0.25, 0.3) is 10.8 Å². The molecule has 5 N–H and O–H groups in total. The summed E-state index contributed by atoms with van der Waals surface area (Å²) in [7, 11) is -20.8. The summed E-state index contributed by atoms with van der Waals surface area (Å²) in [5.74, 6) is -2.65. The topological polar surface area (TPSA) is 310 Å². The Morgan fingerprint density at radius 1 is 0.542 bits per heavy atom. The molecular weight excluding hydrogens is 743 g/mol. The number of hydrogen-bond donors (Lipinski definition) is 5. The predicted molar refractivity (Wildman–Crippen MR) is 155 cm³/mol. The average molecular weight is 762 g/mol. The van der Waals surface area contributed by atoms with Gasteiger partial charge < -0.3 is 14.8 Å². The largest absolute Gasteiger partial charge is 1.00 e. The van der Waals surface area contributed by atoms with Gasteiger partial charge in [-0.1, -0.05) is 12.1 Å². The Morgan fingerprint density at radius 2 is 0.896 bits per heavy atom. The molecule has 4 aromatic carbocycles. The molecule has 0 heterocycles. The van der Waals surface area contributed by atoms with Crippen LogP contribution in [0.4, 0.5) is 22.7 Å². The molecule has 0 atom stereocenters. The molecule has 0 saturated heterocycles. The van der Waals surface area contributed by atoms with Crippen LogP contribution in [0.1, 0.15) is 11.1 Å². The standard InChI is InChI=1S/C24H20N4O14S4.2Na/c1-11-3-5-14(16(7-11)43(31,32)33)25-27-21-18(45(37,38)39)9-13-10-19(46(40,41)42)22(24(30)20(13)23(21)29)28-26-15-6-4-12(2)8-17(15)44(34,35)36;;/h3-10,29-30H,1-2H3,(H,31,32,33)(H,34,35,36)(H,37,38,39)(H,40,41,42);;/q;2*+1/p-1. The molecule has 18 nitrogen and oxygen atoms in total. The maximum Gasteiger partial charge on any atom is 1.00 e. The van der Waals surface area contributed by atoms with Crippen molar-refractivity contribution in [3.8, 4) is 11.5 Å². The quantitative estimate of drug-likeness (QED) is 0.0764. The first-order valence-corrected chi connectivity index (χ1v) is 17.7. The molecule has 0 unspecified atom stereocenters. The molecule has 0 aliphatic rings. The van der Waals surface area contributed by atoms with Crippen LogP contribution in [-0.4, -0.2) is 62.1 Å².